The predicted molar refractivity (Wildman–Crippen MR) is 90.1 cm³/mol. The highest BCUT2D eigenvalue weighted by molar-refractivity contribution is 9.10. The van der Waals surface area contributed by atoms with Crippen LogP contribution in [-0.4, -0.2) is 6.54 Å². The van der Waals surface area contributed by atoms with E-state index >= 15 is 0 Å². The molecule has 1 atom stereocenters. The Balaban J connectivity index is 2.39. The molecule has 0 heterocycles. The minimum absolute atomic E-state index is 0.117. The van der Waals surface area contributed by atoms with E-state index in [1.54, 1.807) is 6.07 Å². The van der Waals surface area contributed by atoms with E-state index in [2.05, 4.69) is 59.4 Å². The van der Waals surface area contributed by atoms with Crippen molar-refractivity contribution in [1.82, 2.24) is 5.32 Å². The van der Waals surface area contributed by atoms with Crippen molar-refractivity contribution in [3.8, 4) is 0 Å². The standard InChI is InChI=1S/C18H21BrFN/c1-3-12-21-18(14-10-8-13(4-2)9-11-14)15-6-5-7-16(19)17(15)20/h5-11,18,21H,3-4,12H2,1-2H3. The zero-order valence-corrected chi connectivity index (χ0v) is 14.1. The lowest BCUT2D eigenvalue weighted by Crippen LogP contribution is -2.24. The normalized spacial score (nSPS) is 12.4. The van der Waals surface area contributed by atoms with Crippen LogP contribution >= 0.6 is 15.9 Å². The van der Waals surface area contributed by atoms with Crippen molar-refractivity contribution < 1.29 is 4.39 Å². The van der Waals surface area contributed by atoms with Gasteiger partial charge in [0.2, 0.25) is 0 Å². The number of hydrogen-bond donors (Lipinski definition) is 1. The van der Waals surface area contributed by atoms with Crippen LogP contribution in [0.4, 0.5) is 4.39 Å². The first-order valence-electron chi connectivity index (χ1n) is 7.43. The van der Waals surface area contributed by atoms with E-state index in [1.165, 1.54) is 5.56 Å². The molecule has 2 aromatic carbocycles. The lowest BCUT2D eigenvalue weighted by atomic mass is 9.96. The molecule has 2 aromatic rings. The Bertz CT molecular complexity index is 580. The van der Waals surface area contributed by atoms with E-state index in [1.807, 2.05) is 12.1 Å². The van der Waals surface area contributed by atoms with Gasteiger partial charge in [-0.2, -0.15) is 0 Å². The van der Waals surface area contributed by atoms with Gasteiger partial charge in [0, 0.05) is 5.56 Å². The van der Waals surface area contributed by atoms with Crippen molar-refractivity contribution in [2.45, 2.75) is 32.7 Å². The molecule has 1 nitrogen and oxygen atoms in total. The maximum Gasteiger partial charge on any atom is 0.142 e. The summed E-state index contributed by atoms with van der Waals surface area (Å²) in [5.74, 6) is -0.189. The van der Waals surface area contributed by atoms with Gasteiger partial charge in [0.15, 0.2) is 0 Å². The van der Waals surface area contributed by atoms with Gasteiger partial charge in [0.05, 0.1) is 10.5 Å². The first-order chi connectivity index (χ1) is 10.2. The highest BCUT2D eigenvalue weighted by Crippen LogP contribution is 2.28. The van der Waals surface area contributed by atoms with E-state index in [9.17, 15) is 4.39 Å². The molecule has 0 fully saturated rings. The number of halogens is 2. The van der Waals surface area contributed by atoms with Crippen LogP contribution in [0.3, 0.4) is 0 Å². The fourth-order valence-corrected chi connectivity index (χ4v) is 2.77. The molecule has 21 heavy (non-hydrogen) atoms. The predicted octanol–water partition coefficient (Wildman–Crippen LogP) is 5.24. The lowest BCUT2D eigenvalue weighted by molar-refractivity contribution is 0.543. The third-order valence-electron chi connectivity index (χ3n) is 3.61. The molecule has 0 aliphatic heterocycles. The van der Waals surface area contributed by atoms with Gasteiger partial charge < -0.3 is 5.32 Å². The SMILES string of the molecule is CCCNC(c1ccc(CC)cc1)c1cccc(Br)c1F. The molecule has 0 saturated heterocycles. The minimum atomic E-state index is -0.189. The zero-order chi connectivity index (χ0) is 15.2. The summed E-state index contributed by atoms with van der Waals surface area (Å²) in [6.07, 6.45) is 2.03. The summed E-state index contributed by atoms with van der Waals surface area (Å²) in [6.45, 7) is 5.10. The molecule has 2 rings (SSSR count). The first kappa shape index (κ1) is 16.2. The Hall–Kier alpha value is -1.19. The van der Waals surface area contributed by atoms with E-state index in [0.717, 1.165) is 24.9 Å². The third kappa shape index (κ3) is 3.92. The summed E-state index contributed by atoms with van der Waals surface area (Å²) in [5.41, 5.74) is 3.07. The lowest BCUT2D eigenvalue weighted by Gasteiger charge is -2.21. The summed E-state index contributed by atoms with van der Waals surface area (Å²) in [6, 6.07) is 13.8. The van der Waals surface area contributed by atoms with E-state index in [4.69, 9.17) is 0 Å². The van der Waals surface area contributed by atoms with E-state index in [-0.39, 0.29) is 11.9 Å². The molecule has 0 amide bonds. The zero-order valence-electron chi connectivity index (χ0n) is 12.5. The fourth-order valence-electron chi connectivity index (χ4n) is 2.39. The minimum Gasteiger partial charge on any atom is -0.306 e. The molecule has 1 N–H and O–H groups in total. The van der Waals surface area contributed by atoms with Gasteiger partial charge >= 0.3 is 0 Å². The van der Waals surface area contributed by atoms with Crippen molar-refractivity contribution >= 4 is 15.9 Å². The second-order valence-electron chi connectivity index (χ2n) is 5.13. The van der Waals surface area contributed by atoms with Gasteiger partial charge in [-0.05, 0) is 52.5 Å². The van der Waals surface area contributed by atoms with E-state index in [0.29, 0.717) is 10.0 Å². The maximum atomic E-state index is 14.4. The van der Waals surface area contributed by atoms with Crippen LogP contribution in [0, 0.1) is 5.82 Å². The van der Waals surface area contributed by atoms with Gasteiger partial charge in [-0.3, -0.25) is 0 Å². The summed E-state index contributed by atoms with van der Waals surface area (Å²) < 4.78 is 14.9. The van der Waals surface area contributed by atoms with E-state index < -0.39 is 0 Å². The molecule has 0 spiro atoms. The second kappa shape index (κ2) is 7.71. The topological polar surface area (TPSA) is 12.0 Å². The molecule has 0 aliphatic carbocycles. The van der Waals surface area contributed by atoms with Crippen LogP contribution in [0.5, 0.6) is 0 Å². The molecule has 0 aromatic heterocycles. The summed E-state index contributed by atoms with van der Waals surface area (Å²) in [7, 11) is 0. The van der Waals surface area contributed by atoms with Crippen molar-refractivity contribution in [1.29, 1.82) is 0 Å². The van der Waals surface area contributed by atoms with Crippen LogP contribution in [0.15, 0.2) is 46.9 Å². The average molecular weight is 350 g/mol. The second-order valence-corrected chi connectivity index (χ2v) is 5.98. The number of aryl methyl sites for hydroxylation is 1. The molecule has 0 aliphatic rings. The van der Waals surface area contributed by atoms with Crippen LogP contribution in [0.25, 0.3) is 0 Å². The monoisotopic (exact) mass is 349 g/mol. The smallest absolute Gasteiger partial charge is 0.142 e. The summed E-state index contributed by atoms with van der Waals surface area (Å²) in [5, 5.41) is 3.45. The Kier molecular flexibility index (Phi) is 5.95. The van der Waals surface area contributed by atoms with Gasteiger partial charge in [-0.15, -0.1) is 0 Å². The number of hydrogen-bond acceptors (Lipinski definition) is 1. The van der Waals surface area contributed by atoms with Crippen molar-refractivity contribution in [2.24, 2.45) is 0 Å². The molecule has 0 saturated carbocycles. The van der Waals surface area contributed by atoms with Crippen LogP contribution in [0.1, 0.15) is 43.0 Å². The summed E-state index contributed by atoms with van der Waals surface area (Å²) >= 11 is 3.28. The molecule has 1 unspecified atom stereocenters. The molecule has 112 valence electrons. The van der Waals surface area contributed by atoms with Crippen molar-refractivity contribution in [2.75, 3.05) is 6.54 Å². The summed E-state index contributed by atoms with van der Waals surface area (Å²) in [4.78, 5) is 0. The highest BCUT2D eigenvalue weighted by atomic mass is 79.9. The molecule has 0 bridgehead atoms. The average Bonchev–Trinajstić information content (AvgIpc) is 2.52. The van der Waals surface area contributed by atoms with Crippen LogP contribution < -0.4 is 5.32 Å². The fraction of sp³-hybridized carbons (Fsp3) is 0.333. The highest BCUT2D eigenvalue weighted by Gasteiger charge is 2.18. The molecular weight excluding hydrogens is 329 g/mol. The van der Waals surface area contributed by atoms with Crippen molar-refractivity contribution in [3.05, 3.63) is 69.4 Å². The third-order valence-corrected chi connectivity index (χ3v) is 4.22. The Morgan fingerprint density at radius 2 is 1.81 bits per heavy atom. The molecule has 3 heteroatoms. The molecular formula is C18H21BrFN. The largest absolute Gasteiger partial charge is 0.306 e. The number of rotatable bonds is 6. The molecule has 0 radical (unpaired) electrons. The van der Waals surface area contributed by atoms with Crippen molar-refractivity contribution in [3.63, 3.8) is 0 Å². The number of benzene rings is 2. The quantitative estimate of drug-likeness (QED) is 0.751. The first-order valence-corrected chi connectivity index (χ1v) is 8.22. The number of nitrogens with one attached hydrogen (secondary N) is 1. The Morgan fingerprint density at radius 1 is 1.10 bits per heavy atom. The van der Waals surface area contributed by atoms with Gasteiger partial charge in [-0.25, -0.2) is 4.39 Å². The van der Waals surface area contributed by atoms with Crippen LogP contribution in [-0.2, 0) is 6.42 Å². The Morgan fingerprint density at radius 3 is 2.43 bits per heavy atom. The Labute approximate surface area is 134 Å². The van der Waals surface area contributed by atoms with Gasteiger partial charge in [-0.1, -0.05) is 50.2 Å². The van der Waals surface area contributed by atoms with Crippen LogP contribution in [0.2, 0.25) is 0 Å². The maximum absolute atomic E-state index is 14.4. The van der Waals surface area contributed by atoms with Gasteiger partial charge in [0.25, 0.3) is 0 Å². The van der Waals surface area contributed by atoms with Gasteiger partial charge in [0.1, 0.15) is 5.82 Å².